The van der Waals surface area contributed by atoms with Crippen molar-refractivity contribution in [2.45, 2.75) is 19.3 Å². The molecule has 0 unspecified atom stereocenters. The number of aryl methyl sites for hydroxylation is 2. The molecule has 4 rings (SSSR count). The third kappa shape index (κ3) is 2.82. The molecule has 0 fully saturated rings. The van der Waals surface area contributed by atoms with Gasteiger partial charge in [0.2, 0.25) is 5.88 Å². The van der Waals surface area contributed by atoms with E-state index in [9.17, 15) is 9.18 Å². The fourth-order valence-corrected chi connectivity index (χ4v) is 4.13. The number of ether oxygens (including phenoxy) is 1. The van der Waals surface area contributed by atoms with Gasteiger partial charge in [-0.25, -0.2) is 14.4 Å². The number of rotatable bonds is 4. The van der Waals surface area contributed by atoms with Crippen LogP contribution in [0.2, 0.25) is 0 Å². The van der Waals surface area contributed by atoms with Gasteiger partial charge in [-0.05, 0) is 43.0 Å². The number of amides is 1. The van der Waals surface area contributed by atoms with Crippen LogP contribution in [0.4, 0.5) is 10.1 Å². The van der Waals surface area contributed by atoms with Gasteiger partial charge in [-0.3, -0.25) is 4.79 Å². The highest BCUT2D eigenvalue weighted by Gasteiger charge is 2.22. The van der Waals surface area contributed by atoms with Gasteiger partial charge in [0.1, 0.15) is 17.0 Å². The molecule has 3 aromatic rings. The summed E-state index contributed by atoms with van der Waals surface area (Å²) in [6.45, 7) is -0.187. The first-order valence-electron chi connectivity index (χ1n) is 7.64. The van der Waals surface area contributed by atoms with Gasteiger partial charge in [0.25, 0.3) is 5.91 Å². The van der Waals surface area contributed by atoms with E-state index in [0.29, 0.717) is 11.6 Å². The van der Waals surface area contributed by atoms with Crippen LogP contribution in [0.15, 0.2) is 30.6 Å². The monoisotopic (exact) mass is 343 g/mol. The van der Waals surface area contributed by atoms with Crippen LogP contribution in [0, 0.1) is 5.82 Å². The van der Waals surface area contributed by atoms with Crippen LogP contribution in [-0.4, -0.2) is 22.5 Å². The Labute approximate surface area is 141 Å². The highest BCUT2D eigenvalue weighted by Crippen LogP contribution is 2.39. The summed E-state index contributed by atoms with van der Waals surface area (Å²) in [4.78, 5) is 22.7. The summed E-state index contributed by atoms with van der Waals surface area (Å²) >= 11 is 1.67. The van der Waals surface area contributed by atoms with Crippen LogP contribution >= 0.6 is 11.3 Å². The Morgan fingerprint density at radius 1 is 1.33 bits per heavy atom. The standard InChI is InChI=1S/C17H14FN3O2S/c18-10-3-1-4-11(7-10)21-14(22)8-23-16-15-12-5-2-6-13(12)24-17(15)20-9-19-16/h1,3-4,7,9H,2,5-6,8H2,(H,21,22). The number of nitrogens with one attached hydrogen (secondary N) is 1. The second-order valence-electron chi connectivity index (χ2n) is 5.56. The molecule has 2 aromatic heterocycles. The van der Waals surface area contributed by atoms with Gasteiger partial charge in [0.05, 0.1) is 5.39 Å². The largest absolute Gasteiger partial charge is 0.467 e. The third-order valence-corrected chi connectivity index (χ3v) is 5.11. The van der Waals surface area contributed by atoms with E-state index in [1.807, 2.05) is 0 Å². The first kappa shape index (κ1) is 15.0. The molecule has 24 heavy (non-hydrogen) atoms. The molecule has 2 heterocycles. The lowest BCUT2D eigenvalue weighted by atomic mass is 10.2. The molecule has 0 spiro atoms. The van der Waals surface area contributed by atoms with Crippen molar-refractivity contribution in [2.24, 2.45) is 0 Å². The zero-order valence-electron chi connectivity index (χ0n) is 12.7. The minimum Gasteiger partial charge on any atom is -0.467 e. The fourth-order valence-electron chi connectivity index (χ4n) is 2.91. The van der Waals surface area contributed by atoms with Crippen LogP contribution in [-0.2, 0) is 17.6 Å². The summed E-state index contributed by atoms with van der Waals surface area (Å²) in [7, 11) is 0. The molecule has 122 valence electrons. The van der Waals surface area contributed by atoms with Gasteiger partial charge in [-0.2, -0.15) is 0 Å². The van der Waals surface area contributed by atoms with Crippen molar-refractivity contribution in [1.82, 2.24) is 9.97 Å². The lowest BCUT2D eigenvalue weighted by Crippen LogP contribution is -2.20. The van der Waals surface area contributed by atoms with Crippen molar-refractivity contribution >= 4 is 33.1 Å². The lowest BCUT2D eigenvalue weighted by Gasteiger charge is -2.08. The molecule has 5 nitrogen and oxygen atoms in total. The number of benzene rings is 1. The van der Waals surface area contributed by atoms with Gasteiger partial charge in [0, 0.05) is 10.6 Å². The highest BCUT2D eigenvalue weighted by molar-refractivity contribution is 7.18. The Balaban J connectivity index is 1.50. The normalized spacial score (nSPS) is 13.0. The van der Waals surface area contributed by atoms with Crippen LogP contribution in [0.3, 0.4) is 0 Å². The summed E-state index contributed by atoms with van der Waals surface area (Å²) in [6.07, 6.45) is 4.64. The number of aromatic nitrogens is 2. The summed E-state index contributed by atoms with van der Waals surface area (Å²) < 4.78 is 18.8. The number of halogens is 1. The van der Waals surface area contributed by atoms with E-state index in [0.717, 1.165) is 29.5 Å². The number of carbonyl (C=O) groups excluding carboxylic acids is 1. The van der Waals surface area contributed by atoms with Crippen molar-refractivity contribution in [3.05, 3.63) is 46.9 Å². The molecule has 0 radical (unpaired) electrons. The van der Waals surface area contributed by atoms with Crippen LogP contribution < -0.4 is 10.1 Å². The Morgan fingerprint density at radius 3 is 3.12 bits per heavy atom. The van der Waals surface area contributed by atoms with Gasteiger partial charge in [0.15, 0.2) is 6.61 Å². The Kier molecular flexibility index (Phi) is 3.86. The highest BCUT2D eigenvalue weighted by atomic mass is 32.1. The minimum atomic E-state index is -0.403. The molecule has 1 amide bonds. The Bertz CT molecular complexity index is 925. The Morgan fingerprint density at radius 2 is 2.25 bits per heavy atom. The predicted molar refractivity (Wildman–Crippen MR) is 90.0 cm³/mol. The average molecular weight is 343 g/mol. The number of nitrogens with zero attached hydrogens (tertiary/aromatic N) is 2. The minimum absolute atomic E-state index is 0.187. The number of carbonyl (C=O) groups is 1. The first-order valence-corrected chi connectivity index (χ1v) is 8.46. The second kappa shape index (κ2) is 6.16. The molecule has 1 aliphatic rings. The van der Waals surface area contributed by atoms with E-state index >= 15 is 0 Å². The molecule has 0 bridgehead atoms. The smallest absolute Gasteiger partial charge is 0.262 e. The number of fused-ring (bicyclic) bond motifs is 3. The number of thiophene rings is 1. The van der Waals surface area contributed by atoms with Gasteiger partial charge in [-0.1, -0.05) is 6.07 Å². The van der Waals surface area contributed by atoms with Crippen molar-refractivity contribution in [3.63, 3.8) is 0 Å². The van der Waals surface area contributed by atoms with E-state index in [1.165, 1.54) is 35.0 Å². The molecule has 0 atom stereocenters. The molecule has 7 heteroatoms. The van der Waals surface area contributed by atoms with Crippen LogP contribution in [0.5, 0.6) is 5.88 Å². The van der Waals surface area contributed by atoms with Crippen LogP contribution in [0.25, 0.3) is 10.2 Å². The maximum absolute atomic E-state index is 13.1. The lowest BCUT2D eigenvalue weighted by molar-refractivity contribution is -0.118. The van der Waals surface area contributed by atoms with Crippen molar-refractivity contribution in [3.8, 4) is 5.88 Å². The number of anilines is 1. The summed E-state index contributed by atoms with van der Waals surface area (Å²) in [5.41, 5.74) is 1.64. The van der Waals surface area contributed by atoms with E-state index < -0.39 is 5.82 Å². The van der Waals surface area contributed by atoms with E-state index in [2.05, 4.69) is 15.3 Å². The summed E-state index contributed by atoms with van der Waals surface area (Å²) in [5.74, 6) is -0.326. The third-order valence-electron chi connectivity index (χ3n) is 3.91. The molecular weight excluding hydrogens is 329 g/mol. The molecule has 0 saturated carbocycles. The van der Waals surface area contributed by atoms with Gasteiger partial charge < -0.3 is 10.1 Å². The van der Waals surface area contributed by atoms with E-state index in [-0.39, 0.29) is 12.5 Å². The maximum atomic E-state index is 13.1. The van der Waals surface area contributed by atoms with Crippen molar-refractivity contribution in [1.29, 1.82) is 0 Å². The first-order chi connectivity index (χ1) is 11.7. The second-order valence-corrected chi connectivity index (χ2v) is 6.65. The SMILES string of the molecule is O=C(COc1ncnc2sc3c(c12)CCC3)Nc1cccc(F)c1. The fraction of sp³-hybridized carbons (Fsp3) is 0.235. The van der Waals surface area contributed by atoms with Gasteiger partial charge >= 0.3 is 0 Å². The maximum Gasteiger partial charge on any atom is 0.262 e. The molecular formula is C17H14FN3O2S. The topological polar surface area (TPSA) is 64.1 Å². The molecule has 0 saturated heterocycles. The number of hydrogen-bond acceptors (Lipinski definition) is 5. The molecule has 1 aliphatic carbocycles. The average Bonchev–Trinajstić information content (AvgIpc) is 3.13. The van der Waals surface area contributed by atoms with Gasteiger partial charge in [-0.15, -0.1) is 11.3 Å². The zero-order chi connectivity index (χ0) is 16.5. The van der Waals surface area contributed by atoms with E-state index in [4.69, 9.17) is 4.74 Å². The van der Waals surface area contributed by atoms with Crippen molar-refractivity contribution in [2.75, 3.05) is 11.9 Å². The predicted octanol–water partition coefficient (Wildman–Crippen LogP) is 3.34. The number of hydrogen-bond donors (Lipinski definition) is 1. The quantitative estimate of drug-likeness (QED) is 0.789. The van der Waals surface area contributed by atoms with Crippen LogP contribution in [0.1, 0.15) is 16.9 Å². The van der Waals surface area contributed by atoms with E-state index in [1.54, 1.807) is 17.4 Å². The summed E-state index contributed by atoms with van der Waals surface area (Å²) in [5, 5.41) is 3.53. The van der Waals surface area contributed by atoms with Crippen molar-refractivity contribution < 1.29 is 13.9 Å². The molecule has 0 aliphatic heterocycles. The molecule has 1 N–H and O–H groups in total. The zero-order valence-corrected chi connectivity index (χ0v) is 13.5. The Hall–Kier alpha value is -2.54. The molecule has 1 aromatic carbocycles. The summed E-state index contributed by atoms with van der Waals surface area (Å²) in [6, 6.07) is 5.73.